The van der Waals surface area contributed by atoms with Crippen molar-refractivity contribution in [1.29, 1.82) is 0 Å². The molecule has 2 heterocycles. The molecule has 1 aliphatic carbocycles. The normalized spacial score (nSPS) is 25.5. The van der Waals surface area contributed by atoms with E-state index in [0.717, 1.165) is 25.7 Å². The van der Waals surface area contributed by atoms with E-state index < -0.39 is 0 Å². The maximum absolute atomic E-state index is 5.39. The molecule has 0 spiro atoms. The zero-order chi connectivity index (χ0) is 11.5. The zero-order valence-corrected chi connectivity index (χ0v) is 10.3. The lowest BCUT2D eigenvalue weighted by molar-refractivity contribution is 0.187. The minimum Gasteiger partial charge on any atom is -0.381 e. The van der Waals surface area contributed by atoms with E-state index in [0.29, 0.717) is 12.0 Å². The molecule has 0 amide bonds. The summed E-state index contributed by atoms with van der Waals surface area (Å²) >= 11 is 0. The molecule has 0 radical (unpaired) electrons. The molecule has 1 aromatic rings. The van der Waals surface area contributed by atoms with Gasteiger partial charge in [-0.1, -0.05) is 12.8 Å². The van der Waals surface area contributed by atoms with Crippen LogP contribution in [0.5, 0.6) is 0 Å². The lowest BCUT2D eigenvalue weighted by atomic mass is 10.1. The number of aromatic nitrogens is 2. The molecule has 1 N–H and O–H groups in total. The van der Waals surface area contributed by atoms with E-state index >= 15 is 0 Å². The van der Waals surface area contributed by atoms with Gasteiger partial charge in [-0.05, 0) is 19.3 Å². The van der Waals surface area contributed by atoms with Gasteiger partial charge in [0.15, 0.2) is 0 Å². The van der Waals surface area contributed by atoms with Crippen LogP contribution in [0.15, 0.2) is 12.4 Å². The summed E-state index contributed by atoms with van der Waals surface area (Å²) in [6, 6.07) is 0.667. The molecule has 0 bridgehead atoms. The number of anilines is 1. The van der Waals surface area contributed by atoms with Crippen LogP contribution in [-0.4, -0.2) is 29.3 Å². The van der Waals surface area contributed by atoms with E-state index in [2.05, 4.69) is 21.1 Å². The third-order valence-electron chi connectivity index (χ3n) is 3.96. The number of nitrogens with one attached hydrogen (secondary N) is 1. The number of rotatable bonds is 4. The van der Waals surface area contributed by atoms with Crippen LogP contribution in [0.2, 0.25) is 0 Å². The maximum Gasteiger partial charge on any atom is 0.203 e. The van der Waals surface area contributed by atoms with Crippen LogP contribution in [-0.2, 0) is 4.74 Å². The van der Waals surface area contributed by atoms with Crippen LogP contribution >= 0.6 is 0 Å². The molecule has 1 aromatic heterocycles. The number of hydrogen-bond donors (Lipinski definition) is 1. The van der Waals surface area contributed by atoms with E-state index in [1.165, 1.54) is 32.1 Å². The molecule has 0 aromatic carbocycles. The maximum atomic E-state index is 5.39. The van der Waals surface area contributed by atoms with E-state index in [9.17, 15) is 0 Å². The van der Waals surface area contributed by atoms with Gasteiger partial charge in [-0.15, -0.1) is 0 Å². The molecule has 1 atom stereocenters. The first-order valence-electron chi connectivity index (χ1n) is 6.78. The number of nitrogens with zero attached hydrogens (tertiary/aromatic N) is 2. The second-order valence-electron chi connectivity index (χ2n) is 5.21. The van der Waals surface area contributed by atoms with Crippen molar-refractivity contribution >= 4 is 5.95 Å². The highest BCUT2D eigenvalue weighted by molar-refractivity contribution is 5.27. The summed E-state index contributed by atoms with van der Waals surface area (Å²) in [6.45, 7) is 2.81. The van der Waals surface area contributed by atoms with Gasteiger partial charge in [0.05, 0.1) is 6.61 Å². The third-order valence-corrected chi connectivity index (χ3v) is 3.96. The van der Waals surface area contributed by atoms with E-state index in [1.54, 1.807) is 0 Å². The Morgan fingerprint density at radius 3 is 3.00 bits per heavy atom. The predicted molar refractivity (Wildman–Crippen MR) is 67.1 cm³/mol. The summed E-state index contributed by atoms with van der Waals surface area (Å²) in [7, 11) is 0. The minimum atomic E-state index is 0.656. The second kappa shape index (κ2) is 5.08. The van der Waals surface area contributed by atoms with Gasteiger partial charge in [0.2, 0.25) is 5.95 Å². The molecule has 1 unspecified atom stereocenters. The Kier molecular flexibility index (Phi) is 3.31. The van der Waals surface area contributed by atoms with Gasteiger partial charge in [0.25, 0.3) is 0 Å². The Morgan fingerprint density at radius 1 is 1.35 bits per heavy atom. The molecular formula is C13H21N3O. The molecular weight excluding hydrogens is 214 g/mol. The fourth-order valence-electron chi connectivity index (χ4n) is 2.91. The first-order valence-corrected chi connectivity index (χ1v) is 6.78. The Balaban J connectivity index is 1.60. The third kappa shape index (κ3) is 2.46. The molecule has 4 heteroatoms. The largest absolute Gasteiger partial charge is 0.381 e. The van der Waals surface area contributed by atoms with Gasteiger partial charge in [0, 0.05) is 37.5 Å². The van der Waals surface area contributed by atoms with Gasteiger partial charge in [0.1, 0.15) is 0 Å². The lowest BCUT2D eigenvalue weighted by Crippen LogP contribution is -2.18. The number of ether oxygens (including phenoxy) is 1. The number of hydrogen-bond acceptors (Lipinski definition) is 3. The van der Waals surface area contributed by atoms with Crippen LogP contribution in [0.25, 0.3) is 0 Å². The van der Waals surface area contributed by atoms with E-state index in [1.807, 2.05) is 6.20 Å². The molecule has 3 rings (SSSR count). The van der Waals surface area contributed by atoms with Crippen molar-refractivity contribution < 1.29 is 4.74 Å². The summed E-state index contributed by atoms with van der Waals surface area (Å²) < 4.78 is 7.71. The van der Waals surface area contributed by atoms with Crippen molar-refractivity contribution in [2.75, 3.05) is 25.1 Å². The van der Waals surface area contributed by atoms with Crippen LogP contribution in [0.3, 0.4) is 0 Å². The molecule has 17 heavy (non-hydrogen) atoms. The lowest BCUT2D eigenvalue weighted by Gasteiger charge is -2.17. The van der Waals surface area contributed by atoms with Crippen molar-refractivity contribution in [3.05, 3.63) is 12.4 Å². The number of imidazole rings is 1. The standard InChI is InChI=1S/C13H21N3O/c1-2-4-12(3-1)16-7-6-14-13(16)15-9-11-5-8-17-10-11/h6-7,11-12H,1-5,8-10H2,(H,14,15). The molecule has 2 aliphatic rings. The van der Waals surface area contributed by atoms with Crippen molar-refractivity contribution in [3.63, 3.8) is 0 Å². The van der Waals surface area contributed by atoms with Crippen LogP contribution in [0, 0.1) is 5.92 Å². The Bertz CT molecular complexity index is 351. The Hall–Kier alpha value is -1.03. The first-order chi connectivity index (χ1) is 8.43. The monoisotopic (exact) mass is 235 g/mol. The van der Waals surface area contributed by atoms with E-state index in [4.69, 9.17) is 4.74 Å². The van der Waals surface area contributed by atoms with Crippen molar-refractivity contribution in [2.45, 2.75) is 38.1 Å². The van der Waals surface area contributed by atoms with Gasteiger partial charge < -0.3 is 14.6 Å². The molecule has 2 fully saturated rings. The summed E-state index contributed by atoms with van der Waals surface area (Å²) in [5.41, 5.74) is 0. The minimum absolute atomic E-state index is 0.656. The first kappa shape index (κ1) is 11.1. The fourth-order valence-corrected chi connectivity index (χ4v) is 2.91. The van der Waals surface area contributed by atoms with Crippen molar-refractivity contribution in [1.82, 2.24) is 9.55 Å². The summed E-state index contributed by atoms with van der Waals surface area (Å²) in [5.74, 6) is 1.70. The van der Waals surface area contributed by atoms with Crippen LogP contribution in [0.1, 0.15) is 38.1 Å². The SMILES string of the molecule is c1cn(C2CCCC2)c(NCC2CCOC2)n1. The summed E-state index contributed by atoms with van der Waals surface area (Å²) in [6.07, 6.45) is 10.5. The molecule has 1 aliphatic heterocycles. The smallest absolute Gasteiger partial charge is 0.203 e. The van der Waals surface area contributed by atoms with Crippen molar-refractivity contribution in [2.24, 2.45) is 5.92 Å². The predicted octanol–water partition coefficient (Wildman–Crippen LogP) is 2.45. The molecule has 4 nitrogen and oxygen atoms in total. The van der Waals surface area contributed by atoms with Gasteiger partial charge in [-0.3, -0.25) is 0 Å². The van der Waals surface area contributed by atoms with Gasteiger partial charge >= 0.3 is 0 Å². The Labute approximate surface area is 102 Å². The highest BCUT2D eigenvalue weighted by Gasteiger charge is 2.20. The second-order valence-corrected chi connectivity index (χ2v) is 5.21. The van der Waals surface area contributed by atoms with Gasteiger partial charge in [-0.2, -0.15) is 0 Å². The average molecular weight is 235 g/mol. The highest BCUT2D eigenvalue weighted by atomic mass is 16.5. The zero-order valence-electron chi connectivity index (χ0n) is 10.3. The molecule has 1 saturated carbocycles. The summed E-state index contributed by atoms with van der Waals surface area (Å²) in [4.78, 5) is 4.43. The topological polar surface area (TPSA) is 39.1 Å². The summed E-state index contributed by atoms with van der Waals surface area (Å²) in [5, 5.41) is 3.48. The highest BCUT2D eigenvalue weighted by Crippen LogP contribution is 2.31. The Morgan fingerprint density at radius 2 is 2.24 bits per heavy atom. The fraction of sp³-hybridized carbons (Fsp3) is 0.769. The molecule has 94 valence electrons. The van der Waals surface area contributed by atoms with Gasteiger partial charge in [-0.25, -0.2) is 4.98 Å². The van der Waals surface area contributed by atoms with E-state index in [-0.39, 0.29) is 0 Å². The van der Waals surface area contributed by atoms with Crippen molar-refractivity contribution in [3.8, 4) is 0 Å². The average Bonchev–Trinajstić information content (AvgIpc) is 3.09. The molecule has 1 saturated heterocycles. The quantitative estimate of drug-likeness (QED) is 0.871. The van der Waals surface area contributed by atoms with Crippen LogP contribution < -0.4 is 5.32 Å². The van der Waals surface area contributed by atoms with Crippen LogP contribution in [0.4, 0.5) is 5.95 Å².